The number of carbonyl (C=O) groups excluding carboxylic acids is 1. The van der Waals surface area contributed by atoms with Gasteiger partial charge in [0.25, 0.3) is 0 Å². The van der Waals surface area contributed by atoms with Crippen LogP contribution in [0.25, 0.3) is 11.4 Å². The van der Waals surface area contributed by atoms with E-state index in [1.807, 2.05) is 4.57 Å². The standard InChI is InChI=1S/C21H25FN6O4S/c1-12-19(14(3)32-26-12)33(30,31)27-13(2)21(29)23-15-8-9-17(22)16(11-15)20-25-24-18-7-5-4-6-10-28(18)20/h8-9,11,13,27H,4-7,10H2,1-3H3,(H,23,29)/t13-/m0/s1. The average molecular weight is 477 g/mol. The van der Waals surface area contributed by atoms with Crippen molar-refractivity contribution in [3.8, 4) is 11.4 Å². The van der Waals surface area contributed by atoms with Crippen LogP contribution in [0.4, 0.5) is 10.1 Å². The molecule has 0 aliphatic carbocycles. The summed E-state index contributed by atoms with van der Waals surface area (Å²) >= 11 is 0. The number of nitrogens with one attached hydrogen (secondary N) is 2. The van der Waals surface area contributed by atoms with Crippen molar-refractivity contribution < 1.29 is 22.1 Å². The molecule has 1 aromatic carbocycles. The predicted molar refractivity (Wildman–Crippen MR) is 117 cm³/mol. The number of fused-ring (bicyclic) bond motifs is 1. The first-order chi connectivity index (χ1) is 15.7. The highest BCUT2D eigenvalue weighted by molar-refractivity contribution is 7.89. The summed E-state index contributed by atoms with van der Waals surface area (Å²) in [5.41, 5.74) is 0.728. The monoisotopic (exact) mass is 476 g/mol. The van der Waals surface area contributed by atoms with Gasteiger partial charge >= 0.3 is 0 Å². The van der Waals surface area contributed by atoms with Gasteiger partial charge in [-0.25, -0.2) is 12.8 Å². The SMILES string of the molecule is Cc1noc(C)c1S(=O)(=O)N[C@@H](C)C(=O)Nc1ccc(F)c(-c2nnc3n2CCCCC3)c1. The molecule has 2 N–H and O–H groups in total. The Kier molecular flexibility index (Phi) is 6.30. The molecule has 0 saturated heterocycles. The van der Waals surface area contributed by atoms with E-state index in [-0.39, 0.29) is 21.9 Å². The molecule has 2 aromatic heterocycles. The predicted octanol–water partition coefficient (Wildman–Crippen LogP) is 2.72. The fourth-order valence-corrected chi connectivity index (χ4v) is 5.44. The fraction of sp³-hybridized carbons (Fsp3) is 0.429. The number of hydrogen-bond acceptors (Lipinski definition) is 7. The summed E-state index contributed by atoms with van der Waals surface area (Å²) in [6, 6.07) is 3.01. The van der Waals surface area contributed by atoms with Crippen LogP contribution in [0.5, 0.6) is 0 Å². The smallest absolute Gasteiger partial charge is 0.246 e. The summed E-state index contributed by atoms with van der Waals surface area (Å²) in [6.07, 6.45) is 3.83. The molecule has 1 amide bonds. The topological polar surface area (TPSA) is 132 Å². The van der Waals surface area contributed by atoms with Gasteiger partial charge in [-0.05, 0) is 51.8 Å². The van der Waals surface area contributed by atoms with Gasteiger partial charge in [0.05, 0.1) is 11.6 Å². The molecule has 3 heterocycles. The van der Waals surface area contributed by atoms with E-state index in [9.17, 15) is 17.6 Å². The number of rotatable bonds is 6. The molecule has 0 unspecified atom stereocenters. The van der Waals surface area contributed by atoms with Crippen LogP contribution in [0.3, 0.4) is 0 Å². The second-order valence-electron chi connectivity index (χ2n) is 8.08. The lowest BCUT2D eigenvalue weighted by Gasteiger charge is -2.15. The summed E-state index contributed by atoms with van der Waals surface area (Å²) in [5.74, 6) is 0.261. The Labute approximate surface area is 190 Å². The van der Waals surface area contributed by atoms with E-state index < -0.39 is 27.8 Å². The molecule has 0 bridgehead atoms. The lowest BCUT2D eigenvalue weighted by Crippen LogP contribution is -2.41. The lowest BCUT2D eigenvalue weighted by atomic mass is 10.1. The number of benzene rings is 1. The van der Waals surface area contributed by atoms with Gasteiger partial charge < -0.3 is 14.4 Å². The van der Waals surface area contributed by atoms with E-state index in [2.05, 4.69) is 25.4 Å². The van der Waals surface area contributed by atoms with Crippen molar-refractivity contribution in [3.63, 3.8) is 0 Å². The number of hydrogen-bond donors (Lipinski definition) is 2. The largest absolute Gasteiger partial charge is 0.360 e. The minimum absolute atomic E-state index is 0.0984. The normalized spacial score (nSPS) is 15.0. The van der Waals surface area contributed by atoms with E-state index in [1.165, 1.54) is 39.0 Å². The zero-order chi connectivity index (χ0) is 23.8. The van der Waals surface area contributed by atoms with Crippen LogP contribution in [0, 0.1) is 19.7 Å². The Bertz CT molecular complexity index is 1280. The Morgan fingerprint density at radius 3 is 2.73 bits per heavy atom. The zero-order valence-electron chi connectivity index (χ0n) is 18.6. The summed E-state index contributed by atoms with van der Waals surface area (Å²) in [7, 11) is -4.03. The van der Waals surface area contributed by atoms with Gasteiger partial charge in [0.15, 0.2) is 11.6 Å². The molecule has 0 spiro atoms. The van der Waals surface area contributed by atoms with E-state index in [4.69, 9.17) is 4.52 Å². The average Bonchev–Trinajstić information content (AvgIpc) is 3.22. The first-order valence-corrected chi connectivity index (χ1v) is 12.1. The third kappa shape index (κ3) is 4.67. The third-order valence-electron chi connectivity index (χ3n) is 5.55. The van der Waals surface area contributed by atoms with Gasteiger partial charge in [-0.3, -0.25) is 4.79 Å². The summed E-state index contributed by atoms with van der Waals surface area (Å²) in [5, 5.41) is 14.6. The Balaban J connectivity index is 1.53. The molecular formula is C21H25FN6O4S. The van der Waals surface area contributed by atoms with Crippen molar-refractivity contribution in [2.75, 3.05) is 5.32 Å². The molecule has 176 valence electrons. The van der Waals surface area contributed by atoms with E-state index >= 15 is 0 Å². The number of nitrogens with zero attached hydrogens (tertiary/aromatic N) is 4. The number of halogens is 1. The quantitative estimate of drug-likeness (QED) is 0.559. The minimum Gasteiger partial charge on any atom is -0.360 e. The summed E-state index contributed by atoms with van der Waals surface area (Å²) in [4.78, 5) is 12.6. The van der Waals surface area contributed by atoms with Gasteiger partial charge in [-0.2, -0.15) is 4.72 Å². The van der Waals surface area contributed by atoms with E-state index in [0.717, 1.165) is 31.5 Å². The van der Waals surface area contributed by atoms with Gasteiger partial charge in [0.2, 0.25) is 15.9 Å². The highest BCUT2D eigenvalue weighted by atomic mass is 32.2. The Hall–Kier alpha value is -3.12. The maximum absolute atomic E-state index is 14.7. The van der Waals surface area contributed by atoms with E-state index in [1.54, 1.807) is 0 Å². The molecule has 10 nitrogen and oxygen atoms in total. The Morgan fingerprint density at radius 1 is 1.21 bits per heavy atom. The molecule has 1 atom stereocenters. The van der Waals surface area contributed by atoms with Gasteiger partial charge in [0, 0.05) is 18.7 Å². The van der Waals surface area contributed by atoms with Crippen LogP contribution in [-0.4, -0.2) is 40.3 Å². The third-order valence-corrected chi connectivity index (χ3v) is 7.33. The van der Waals surface area contributed by atoms with Crippen LogP contribution in [-0.2, 0) is 27.8 Å². The Morgan fingerprint density at radius 2 is 2.00 bits per heavy atom. The van der Waals surface area contributed by atoms with Gasteiger partial charge in [-0.15, -0.1) is 10.2 Å². The van der Waals surface area contributed by atoms with Gasteiger partial charge in [-0.1, -0.05) is 11.6 Å². The fourth-order valence-electron chi connectivity index (χ4n) is 3.91. The van der Waals surface area contributed by atoms with Crippen molar-refractivity contribution >= 4 is 21.6 Å². The molecular weight excluding hydrogens is 451 g/mol. The van der Waals surface area contributed by atoms with Crippen LogP contribution < -0.4 is 10.0 Å². The summed E-state index contributed by atoms with van der Waals surface area (Å²) in [6.45, 7) is 5.09. The van der Waals surface area contributed by atoms with Crippen molar-refractivity contribution in [3.05, 3.63) is 41.3 Å². The van der Waals surface area contributed by atoms with Crippen LogP contribution in [0.15, 0.2) is 27.6 Å². The summed E-state index contributed by atoms with van der Waals surface area (Å²) < 4.78 is 49.1. The first kappa shape index (κ1) is 23.1. The number of aromatic nitrogens is 4. The molecule has 12 heteroatoms. The second kappa shape index (κ2) is 9.02. The maximum atomic E-state index is 14.7. The number of carbonyl (C=O) groups is 1. The molecule has 0 fully saturated rings. The van der Waals surface area contributed by atoms with Crippen molar-refractivity contribution in [1.29, 1.82) is 0 Å². The second-order valence-corrected chi connectivity index (χ2v) is 9.73. The molecule has 33 heavy (non-hydrogen) atoms. The maximum Gasteiger partial charge on any atom is 0.246 e. The number of amides is 1. The highest BCUT2D eigenvalue weighted by Gasteiger charge is 2.28. The molecule has 0 saturated carbocycles. The van der Waals surface area contributed by atoms with Gasteiger partial charge in [0.1, 0.15) is 22.2 Å². The first-order valence-electron chi connectivity index (χ1n) is 10.7. The molecule has 3 aromatic rings. The molecule has 4 rings (SSSR count). The number of sulfonamides is 1. The molecule has 0 radical (unpaired) electrons. The van der Waals surface area contributed by atoms with Crippen molar-refractivity contribution in [2.45, 2.75) is 63.9 Å². The lowest BCUT2D eigenvalue weighted by molar-refractivity contribution is -0.117. The van der Waals surface area contributed by atoms with Crippen molar-refractivity contribution in [2.24, 2.45) is 0 Å². The van der Waals surface area contributed by atoms with Crippen LogP contribution in [0.1, 0.15) is 43.5 Å². The zero-order valence-corrected chi connectivity index (χ0v) is 19.4. The number of aryl methyl sites for hydroxylation is 3. The molecule has 1 aliphatic rings. The van der Waals surface area contributed by atoms with Crippen molar-refractivity contribution in [1.82, 2.24) is 24.6 Å². The number of anilines is 1. The van der Waals surface area contributed by atoms with Crippen LogP contribution in [0.2, 0.25) is 0 Å². The van der Waals surface area contributed by atoms with Crippen LogP contribution >= 0.6 is 0 Å². The minimum atomic E-state index is -4.03. The molecule has 1 aliphatic heterocycles. The van der Waals surface area contributed by atoms with E-state index in [0.29, 0.717) is 18.1 Å². The highest BCUT2D eigenvalue weighted by Crippen LogP contribution is 2.27.